The minimum Gasteiger partial charge on any atom is -0.493 e. The van der Waals surface area contributed by atoms with Crippen LogP contribution in [0.1, 0.15) is 28.5 Å². The Bertz CT molecular complexity index is 1490. The van der Waals surface area contributed by atoms with Gasteiger partial charge in [0.05, 0.1) is 41.7 Å². The van der Waals surface area contributed by atoms with Gasteiger partial charge in [0.1, 0.15) is 11.1 Å². The van der Waals surface area contributed by atoms with Crippen LogP contribution in [0.25, 0.3) is 12.2 Å². The van der Waals surface area contributed by atoms with Crippen LogP contribution >= 0.6 is 11.8 Å². The van der Waals surface area contributed by atoms with Gasteiger partial charge in [0.15, 0.2) is 23.0 Å². The standard InChI is InChI=1S/C34H35NO6S/c1-36-28-16-15-23(13-14-24-20-30(37-2)33(39-4)31(21-24)38-3)19-29(28)41-18-8-17-40-26-10-7-9-25(22-26)34-35-27-11-5-6-12-32(27)42-34/h5-7,9-16,19-22,34-35H,8,17-18H2,1-4H3/b14-13-. The largest absolute Gasteiger partial charge is 0.493 e. The van der Waals surface area contributed by atoms with E-state index in [1.807, 2.05) is 66.4 Å². The Kier molecular flexibility index (Phi) is 9.66. The van der Waals surface area contributed by atoms with E-state index in [-0.39, 0.29) is 5.37 Å². The maximum absolute atomic E-state index is 6.09. The molecule has 1 heterocycles. The first-order valence-corrected chi connectivity index (χ1v) is 14.5. The topological polar surface area (TPSA) is 67.4 Å². The lowest BCUT2D eigenvalue weighted by Gasteiger charge is -2.14. The molecular weight excluding hydrogens is 550 g/mol. The van der Waals surface area contributed by atoms with Crippen LogP contribution in [0, 0.1) is 0 Å². The first-order chi connectivity index (χ1) is 20.6. The maximum atomic E-state index is 6.09. The van der Waals surface area contributed by atoms with Crippen LogP contribution in [0.5, 0.6) is 34.5 Å². The quantitative estimate of drug-likeness (QED) is 0.125. The van der Waals surface area contributed by atoms with Gasteiger partial charge in [0.25, 0.3) is 0 Å². The number of hydrogen-bond acceptors (Lipinski definition) is 8. The van der Waals surface area contributed by atoms with Crippen molar-refractivity contribution in [3.05, 3.63) is 95.6 Å². The molecule has 1 atom stereocenters. The summed E-state index contributed by atoms with van der Waals surface area (Å²) in [5, 5.41) is 3.75. The molecule has 1 aliphatic heterocycles. The van der Waals surface area contributed by atoms with E-state index in [9.17, 15) is 0 Å². The summed E-state index contributed by atoms with van der Waals surface area (Å²) < 4.78 is 34.0. The van der Waals surface area contributed by atoms with E-state index in [1.54, 1.807) is 28.4 Å². The molecule has 0 fully saturated rings. The van der Waals surface area contributed by atoms with E-state index in [4.69, 9.17) is 28.4 Å². The Labute approximate surface area is 251 Å². The van der Waals surface area contributed by atoms with Crippen molar-refractivity contribution in [2.24, 2.45) is 0 Å². The number of para-hydroxylation sites is 1. The lowest BCUT2D eigenvalue weighted by Crippen LogP contribution is -2.06. The van der Waals surface area contributed by atoms with Gasteiger partial charge < -0.3 is 33.7 Å². The van der Waals surface area contributed by atoms with Gasteiger partial charge in [-0.3, -0.25) is 0 Å². The minimum atomic E-state index is 0.178. The van der Waals surface area contributed by atoms with E-state index in [2.05, 4.69) is 41.7 Å². The second-order valence-electron chi connectivity index (χ2n) is 9.46. The number of benzene rings is 4. The van der Waals surface area contributed by atoms with Crippen LogP contribution < -0.4 is 33.7 Å². The lowest BCUT2D eigenvalue weighted by molar-refractivity contribution is 0.240. The van der Waals surface area contributed by atoms with Crippen molar-refractivity contribution in [2.45, 2.75) is 16.7 Å². The minimum absolute atomic E-state index is 0.178. The Morgan fingerprint density at radius 2 is 1.38 bits per heavy atom. The fourth-order valence-electron chi connectivity index (χ4n) is 4.64. The zero-order valence-electron chi connectivity index (χ0n) is 24.2. The molecule has 1 aliphatic rings. The van der Waals surface area contributed by atoms with Gasteiger partial charge in [-0.15, -0.1) is 0 Å². The van der Waals surface area contributed by atoms with Crippen LogP contribution in [0.3, 0.4) is 0 Å². The van der Waals surface area contributed by atoms with E-state index >= 15 is 0 Å². The highest BCUT2D eigenvalue weighted by Crippen LogP contribution is 2.46. The van der Waals surface area contributed by atoms with Crippen molar-refractivity contribution in [2.75, 3.05) is 47.0 Å². The Hall–Kier alpha value is -4.43. The molecule has 218 valence electrons. The molecule has 0 amide bonds. The van der Waals surface area contributed by atoms with Gasteiger partial charge in [-0.25, -0.2) is 0 Å². The summed E-state index contributed by atoms with van der Waals surface area (Å²) in [6, 6.07) is 26.3. The molecule has 0 spiro atoms. The van der Waals surface area contributed by atoms with Gasteiger partial charge in [-0.1, -0.05) is 54.2 Å². The first kappa shape index (κ1) is 29.1. The van der Waals surface area contributed by atoms with E-state index in [0.717, 1.165) is 23.3 Å². The van der Waals surface area contributed by atoms with Crippen LogP contribution in [0.2, 0.25) is 0 Å². The maximum Gasteiger partial charge on any atom is 0.203 e. The van der Waals surface area contributed by atoms with Gasteiger partial charge in [0, 0.05) is 17.0 Å². The third kappa shape index (κ3) is 6.89. The van der Waals surface area contributed by atoms with Crippen LogP contribution in [-0.4, -0.2) is 41.7 Å². The number of fused-ring (bicyclic) bond motifs is 1. The van der Waals surface area contributed by atoms with E-state index < -0.39 is 0 Å². The van der Waals surface area contributed by atoms with E-state index in [0.29, 0.717) is 42.0 Å². The number of methoxy groups -OCH3 is 4. The third-order valence-corrected chi connectivity index (χ3v) is 7.97. The Morgan fingerprint density at radius 3 is 2.12 bits per heavy atom. The zero-order chi connectivity index (χ0) is 29.3. The molecule has 1 N–H and O–H groups in total. The molecular formula is C34H35NO6S. The first-order valence-electron chi connectivity index (χ1n) is 13.7. The fourth-order valence-corrected chi connectivity index (χ4v) is 5.77. The van der Waals surface area contributed by atoms with Crippen molar-refractivity contribution in [3.8, 4) is 34.5 Å². The SMILES string of the molecule is COc1ccc(/C=C\c2cc(OC)c(OC)c(OC)c2)cc1OCCCOc1cccc(C2Nc3ccccc3S2)c1. The number of nitrogens with one attached hydrogen (secondary N) is 1. The molecule has 4 aromatic rings. The number of thioether (sulfide) groups is 1. The lowest BCUT2D eigenvalue weighted by atomic mass is 10.1. The molecule has 4 aromatic carbocycles. The highest BCUT2D eigenvalue weighted by Gasteiger charge is 2.22. The van der Waals surface area contributed by atoms with Gasteiger partial charge >= 0.3 is 0 Å². The number of anilines is 1. The normalized spacial score (nSPS) is 13.8. The van der Waals surface area contributed by atoms with Crippen molar-refractivity contribution < 1.29 is 28.4 Å². The predicted molar refractivity (Wildman–Crippen MR) is 169 cm³/mol. The van der Waals surface area contributed by atoms with Crippen molar-refractivity contribution in [1.29, 1.82) is 0 Å². The van der Waals surface area contributed by atoms with Gasteiger partial charge in [-0.05, 0) is 65.2 Å². The van der Waals surface area contributed by atoms with Crippen molar-refractivity contribution in [1.82, 2.24) is 0 Å². The second kappa shape index (κ2) is 14.0. The predicted octanol–water partition coefficient (Wildman–Crippen LogP) is 7.96. The summed E-state index contributed by atoms with van der Waals surface area (Å²) in [6.07, 6.45) is 4.70. The Morgan fingerprint density at radius 1 is 0.667 bits per heavy atom. The number of hydrogen-bond donors (Lipinski definition) is 1. The molecule has 7 nitrogen and oxygen atoms in total. The zero-order valence-corrected chi connectivity index (χ0v) is 25.0. The molecule has 0 saturated heterocycles. The highest BCUT2D eigenvalue weighted by atomic mass is 32.2. The average Bonchev–Trinajstić information content (AvgIpc) is 3.48. The molecule has 42 heavy (non-hydrogen) atoms. The second-order valence-corrected chi connectivity index (χ2v) is 10.6. The molecule has 0 aromatic heterocycles. The highest BCUT2D eigenvalue weighted by molar-refractivity contribution is 8.00. The fraction of sp³-hybridized carbons (Fsp3) is 0.235. The summed E-state index contributed by atoms with van der Waals surface area (Å²) >= 11 is 1.82. The molecule has 0 aliphatic carbocycles. The molecule has 0 radical (unpaired) electrons. The number of rotatable bonds is 13. The van der Waals surface area contributed by atoms with Crippen LogP contribution in [-0.2, 0) is 0 Å². The molecule has 5 rings (SSSR count). The van der Waals surface area contributed by atoms with Crippen LogP contribution in [0.4, 0.5) is 5.69 Å². The van der Waals surface area contributed by atoms with Crippen LogP contribution in [0.15, 0.2) is 83.8 Å². The van der Waals surface area contributed by atoms with Gasteiger partial charge in [0.2, 0.25) is 5.75 Å². The average molecular weight is 586 g/mol. The molecule has 1 unspecified atom stereocenters. The Balaban J connectivity index is 1.16. The monoisotopic (exact) mass is 585 g/mol. The molecule has 0 saturated carbocycles. The summed E-state index contributed by atoms with van der Waals surface area (Å²) in [6.45, 7) is 1.03. The number of ether oxygens (including phenoxy) is 6. The third-order valence-electron chi connectivity index (χ3n) is 6.74. The summed E-state index contributed by atoms with van der Waals surface area (Å²) in [4.78, 5) is 1.27. The molecule has 8 heteroatoms. The summed E-state index contributed by atoms with van der Waals surface area (Å²) in [5.74, 6) is 3.96. The summed E-state index contributed by atoms with van der Waals surface area (Å²) in [7, 11) is 6.43. The van der Waals surface area contributed by atoms with Gasteiger partial charge in [-0.2, -0.15) is 0 Å². The summed E-state index contributed by atoms with van der Waals surface area (Å²) in [5.41, 5.74) is 4.24. The smallest absolute Gasteiger partial charge is 0.203 e. The molecule has 0 bridgehead atoms. The van der Waals surface area contributed by atoms with Crippen molar-refractivity contribution >= 4 is 29.6 Å². The van der Waals surface area contributed by atoms with Crippen molar-refractivity contribution in [3.63, 3.8) is 0 Å². The van der Waals surface area contributed by atoms with E-state index in [1.165, 1.54) is 16.1 Å².